The molecule has 100 valence electrons. The zero-order valence-electron chi connectivity index (χ0n) is 9.74. The molecule has 3 N–H and O–H groups in total. The van der Waals surface area contributed by atoms with Crippen LogP contribution in [-0.2, 0) is 9.59 Å². The lowest BCUT2D eigenvalue weighted by molar-refractivity contribution is -0.141. The molecule has 1 heterocycles. The van der Waals surface area contributed by atoms with E-state index < -0.39 is 23.6 Å². The van der Waals surface area contributed by atoms with Gasteiger partial charge in [0.15, 0.2) is 0 Å². The minimum atomic E-state index is -1.28. The molecule has 2 rings (SSSR count). The topological polar surface area (TPSA) is 115 Å². The van der Waals surface area contributed by atoms with Crippen molar-refractivity contribution in [1.82, 2.24) is 0 Å². The van der Waals surface area contributed by atoms with Crippen LogP contribution in [0.5, 0.6) is 5.75 Å². The number of rotatable bonds is 3. The molecular formula is C12H11NO6. The van der Waals surface area contributed by atoms with Gasteiger partial charge in [-0.2, -0.15) is 0 Å². The van der Waals surface area contributed by atoms with Crippen LogP contribution in [0.25, 0.3) is 0 Å². The van der Waals surface area contributed by atoms with Crippen LogP contribution in [0.3, 0.4) is 0 Å². The van der Waals surface area contributed by atoms with Gasteiger partial charge in [0, 0.05) is 24.7 Å². The Morgan fingerprint density at radius 1 is 1.26 bits per heavy atom. The number of carbonyl (C=O) groups is 3. The lowest BCUT2D eigenvalue weighted by Gasteiger charge is -2.16. The summed E-state index contributed by atoms with van der Waals surface area (Å²) in [6.07, 6.45) is -0.100. The second-order valence-corrected chi connectivity index (χ2v) is 4.25. The molecule has 0 saturated carbocycles. The molecule has 0 bridgehead atoms. The minimum absolute atomic E-state index is 0.0139. The third-order valence-electron chi connectivity index (χ3n) is 3.00. The number of carboxylic acid groups (broad SMARTS) is 2. The molecule has 19 heavy (non-hydrogen) atoms. The molecule has 0 aromatic heterocycles. The van der Waals surface area contributed by atoms with Crippen molar-refractivity contribution in [2.75, 3.05) is 11.4 Å². The zero-order valence-corrected chi connectivity index (χ0v) is 9.74. The van der Waals surface area contributed by atoms with E-state index in [1.54, 1.807) is 0 Å². The number of carboxylic acids is 2. The molecule has 1 aliphatic rings. The number of aliphatic carboxylic acids is 1. The van der Waals surface area contributed by atoms with Gasteiger partial charge in [0.2, 0.25) is 5.91 Å². The molecule has 1 amide bonds. The zero-order chi connectivity index (χ0) is 14.2. The number of aromatic hydroxyl groups is 1. The van der Waals surface area contributed by atoms with Crippen molar-refractivity contribution in [3.63, 3.8) is 0 Å². The maximum atomic E-state index is 11.7. The molecule has 1 saturated heterocycles. The molecule has 0 spiro atoms. The molecule has 1 aromatic rings. The Morgan fingerprint density at radius 2 is 1.95 bits per heavy atom. The fourth-order valence-electron chi connectivity index (χ4n) is 1.99. The van der Waals surface area contributed by atoms with Gasteiger partial charge in [-0.15, -0.1) is 0 Å². The second kappa shape index (κ2) is 4.60. The number of phenols is 1. The first kappa shape index (κ1) is 12.9. The van der Waals surface area contributed by atoms with Crippen LogP contribution in [-0.4, -0.2) is 39.7 Å². The Hall–Kier alpha value is -2.57. The van der Waals surface area contributed by atoms with E-state index in [9.17, 15) is 19.5 Å². The van der Waals surface area contributed by atoms with Crippen molar-refractivity contribution in [1.29, 1.82) is 0 Å². The van der Waals surface area contributed by atoms with E-state index in [1.807, 2.05) is 0 Å². The predicted molar refractivity (Wildman–Crippen MR) is 63.2 cm³/mol. The minimum Gasteiger partial charge on any atom is -0.507 e. The second-order valence-electron chi connectivity index (χ2n) is 4.25. The lowest BCUT2D eigenvalue weighted by atomic mass is 10.1. The highest BCUT2D eigenvalue weighted by molar-refractivity contribution is 6.00. The average Bonchev–Trinajstić information content (AvgIpc) is 2.71. The monoisotopic (exact) mass is 265 g/mol. The molecule has 1 unspecified atom stereocenters. The van der Waals surface area contributed by atoms with Gasteiger partial charge in [-0.25, -0.2) is 4.79 Å². The van der Waals surface area contributed by atoms with Crippen LogP contribution in [0.2, 0.25) is 0 Å². The van der Waals surface area contributed by atoms with Crippen molar-refractivity contribution in [2.45, 2.75) is 6.42 Å². The molecule has 7 heteroatoms. The van der Waals surface area contributed by atoms with Gasteiger partial charge in [0.05, 0.1) is 5.92 Å². The lowest BCUT2D eigenvalue weighted by Crippen LogP contribution is -2.25. The smallest absolute Gasteiger partial charge is 0.339 e. The van der Waals surface area contributed by atoms with E-state index in [0.29, 0.717) is 0 Å². The van der Waals surface area contributed by atoms with Gasteiger partial charge in [-0.3, -0.25) is 9.59 Å². The quantitative estimate of drug-likeness (QED) is 0.734. The van der Waals surface area contributed by atoms with Crippen LogP contribution in [0, 0.1) is 5.92 Å². The van der Waals surface area contributed by atoms with Crippen molar-refractivity contribution >= 4 is 23.5 Å². The van der Waals surface area contributed by atoms with Crippen LogP contribution in [0.4, 0.5) is 5.69 Å². The van der Waals surface area contributed by atoms with E-state index in [4.69, 9.17) is 10.2 Å². The average molecular weight is 265 g/mol. The number of hydrogen-bond acceptors (Lipinski definition) is 4. The highest BCUT2D eigenvalue weighted by atomic mass is 16.4. The molecule has 0 radical (unpaired) electrons. The van der Waals surface area contributed by atoms with Crippen LogP contribution < -0.4 is 4.90 Å². The summed E-state index contributed by atoms with van der Waals surface area (Å²) in [5.74, 6) is -3.94. The number of benzene rings is 1. The summed E-state index contributed by atoms with van der Waals surface area (Å²) >= 11 is 0. The summed E-state index contributed by atoms with van der Waals surface area (Å²) in [7, 11) is 0. The summed E-state index contributed by atoms with van der Waals surface area (Å²) in [4.78, 5) is 34.5. The van der Waals surface area contributed by atoms with E-state index in [0.717, 1.165) is 6.07 Å². The highest BCUT2D eigenvalue weighted by Crippen LogP contribution is 2.29. The van der Waals surface area contributed by atoms with Crippen molar-refractivity contribution in [3.8, 4) is 5.75 Å². The summed E-state index contributed by atoms with van der Waals surface area (Å²) in [6, 6.07) is 3.69. The number of hydrogen-bond donors (Lipinski definition) is 3. The third kappa shape index (κ3) is 2.35. The third-order valence-corrected chi connectivity index (χ3v) is 3.00. The standard InChI is InChI=1S/C12H11NO6/c14-9-4-7(1-2-8(9)12(18)19)13-5-6(11(16)17)3-10(13)15/h1-2,4,6,14H,3,5H2,(H,16,17)(H,18,19). The van der Waals surface area contributed by atoms with Gasteiger partial charge in [0.25, 0.3) is 0 Å². The number of anilines is 1. The van der Waals surface area contributed by atoms with Crippen molar-refractivity contribution in [2.24, 2.45) is 5.92 Å². The number of amides is 1. The van der Waals surface area contributed by atoms with Gasteiger partial charge in [0.1, 0.15) is 11.3 Å². The van der Waals surface area contributed by atoms with E-state index >= 15 is 0 Å². The van der Waals surface area contributed by atoms with E-state index in [-0.39, 0.29) is 30.1 Å². The van der Waals surface area contributed by atoms with Gasteiger partial charge in [-0.1, -0.05) is 0 Å². The van der Waals surface area contributed by atoms with Crippen LogP contribution >= 0.6 is 0 Å². The fraction of sp³-hybridized carbons (Fsp3) is 0.250. The van der Waals surface area contributed by atoms with Gasteiger partial charge < -0.3 is 20.2 Å². The molecule has 7 nitrogen and oxygen atoms in total. The first-order valence-electron chi connectivity index (χ1n) is 5.49. The summed E-state index contributed by atoms with van der Waals surface area (Å²) in [6.45, 7) is 0.0139. The first-order valence-corrected chi connectivity index (χ1v) is 5.49. The number of carbonyl (C=O) groups excluding carboxylic acids is 1. The molecular weight excluding hydrogens is 254 g/mol. The Morgan fingerprint density at radius 3 is 2.42 bits per heavy atom. The molecule has 1 atom stereocenters. The Bertz CT molecular complexity index is 567. The Labute approximate surface area is 107 Å². The summed E-state index contributed by atoms with van der Waals surface area (Å²) in [5, 5.41) is 27.2. The number of aromatic carboxylic acids is 1. The normalized spacial score (nSPS) is 18.6. The van der Waals surface area contributed by atoms with Crippen LogP contribution in [0.1, 0.15) is 16.8 Å². The summed E-state index contributed by atoms with van der Waals surface area (Å²) < 4.78 is 0. The highest BCUT2D eigenvalue weighted by Gasteiger charge is 2.35. The Balaban J connectivity index is 2.28. The van der Waals surface area contributed by atoms with E-state index in [2.05, 4.69) is 0 Å². The summed E-state index contributed by atoms with van der Waals surface area (Å²) in [5.41, 5.74) is 0.0152. The molecule has 0 aliphatic carbocycles. The van der Waals surface area contributed by atoms with Gasteiger partial charge in [-0.05, 0) is 12.1 Å². The maximum Gasteiger partial charge on any atom is 0.339 e. The Kier molecular flexibility index (Phi) is 3.12. The molecule has 1 aromatic carbocycles. The largest absolute Gasteiger partial charge is 0.507 e. The van der Waals surface area contributed by atoms with E-state index in [1.165, 1.54) is 17.0 Å². The maximum absolute atomic E-state index is 11.7. The predicted octanol–water partition coefficient (Wildman–Crippen LogP) is 0.528. The first-order chi connectivity index (χ1) is 8.90. The SMILES string of the molecule is O=C(O)c1ccc(N2CC(C(=O)O)CC2=O)cc1O. The van der Waals surface area contributed by atoms with Gasteiger partial charge >= 0.3 is 11.9 Å². The van der Waals surface area contributed by atoms with Crippen molar-refractivity contribution < 1.29 is 29.7 Å². The molecule has 1 fully saturated rings. The molecule has 1 aliphatic heterocycles. The number of nitrogens with zero attached hydrogens (tertiary/aromatic N) is 1. The fourth-order valence-corrected chi connectivity index (χ4v) is 1.99. The van der Waals surface area contributed by atoms with Crippen molar-refractivity contribution in [3.05, 3.63) is 23.8 Å². The van der Waals surface area contributed by atoms with Crippen LogP contribution in [0.15, 0.2) is 18.2 Å².